The van der Waals surface area contributed by atoms with Gasteiger partial charge in [0.2, 0.25) is 0 Å². The van der Waals surface area contributed by atoms with E-state index in [0.717, 1.165) is 25.7 Å². The molecule has 7 fully saturated rings. The summed E-state index contributed by atoms with van der Waals surface area (Å²) in [5.74, 6) is 0.116. The van der Waals surface area contributed by atoms with Crippen LogP contribution in [0, 0.1) is 40.4 Å². The van der Waals surface area contributed by atoms with Crippen LogP contribution < -0.4 is 0 Å². The molecular formula is C35H56O15. The number of carbonyl (C=O) groups excluding carboxylic acids is 1. The standard InChI is InChI=1S/C35H56O15/c1-33-7-5-17(47-31-29(44)27(42)30(22(13-37)49-31)50-32-28(43)26(41)25(40)21(12-36)48-32)10-16(33)3-4-19-20(33)11-23(38)34(2)18(6-8-35(19,34)45)15-9-24(39)46-14-15/h15-23,25-32,36-38,40-45H,3-14H2,1-2H3. The molecule has 0 aromatic rings. The van der Waals surface area contributed by atoms with E-state index in [0.29, 0.717) is 38.7 Å². The van der Waals surface area contributed by atoms with Crippen LogP contribution in [0.2, 0.25) is 0 Å². The van der Waals surface area contributed by atoms with E-state index in [1.807, 2.05) is 6.92 Å². The van der Waals surface area contributed by atoms with E-state index in [-0.39, 0.29) is 47.1 Å². The van der Waals surface area contributed by atoms with Crippen molar-refractivity contribution >= 4 is 5.97 Å². The third-order valence-electron chi connectivity index (χ3n) is 14.7. The molecule has 0 aromatic heterocycles. The summed E-state index contributed by atoms with van der Waals surface area (Å²) in [7, 11) is 0. The summed E-state index contributed by atoms with van der Waals surface area (Å²) in [4.78, 5) is 12.0. The summed E-state index contributed by atoms with van der Waals surface area (Å²) < 4.78 is 28.6. The zero-order valence-electron chi connectivity index (χ0n) is 28.8. The molecule has 0 amide bonds. The lowest BCUT2D eigenvalue weighted by atomic mass is 9.42. The van der Waals surface area contributed by atoms with E-state index >= 15 is 0 Å². The molecule has 0 aromatic carbocycles. The van der Waals surface area contributed by atoms with Gasteiger partial charge >= 0.3 is 5.97 Å². The Morgan fingerprint density at radius 3 is 2.10 bits per heavy atom. The molecule has 9 N–H and O–H groups in total. The monoisotopic (exact) mass is 716 g/mol. The zero-order valence-corrected chi connectivity index (χ0v) is 28.8. The molecule has 3 saturated heterocycles. The summed E-state index contributed by atoms with van der Waals surface area (Å²) in [5, 5.41) is 96.8. The van der Waals surface area contributed by atoms with Crippen molar-refractivity contribution in [2.75, 3.05) is 19.8 Å². The van der Waals surface area contributed by atoms with Crippen molar-refractivity contribution in [1.29, 1.82) is 0 Å². The first-order valence-corrected chi connectivity index (χ1v) is 18.5. The van der Waals surface area contributed by atoms with Gasteiger partial charge in [0.05, 0.1) is 44.1 Å². The van der Waals surface area contributed by atoms with Crippen LogP contribution >= 0.6 is 0 Å². The number of aliphatic hydroxyl groups is 9. The van der Waals surface area contributed by atoms with E-state index in [1.54, 1.807) is 0 Å². The molecule has 7 aliphatic rings. The number of hydrogen-bond donors (Lipinski definition) is 9. The number of fused-ring (bicyclic) bond motifs is 5. The predicted octanol–water partition coefficient (Wildman–Crippen LogP) is -1.70. The highest BCUT2D eigenvalue weighted by atomic mass is 16.7. The van der Waals surface area contributed by atoms with Crippen LogP contribution in [-0.4, -0.2) is 151 Å². The van der Waals surface area contributed by atoms with Crippen molar-refractivity contribution in [2.24, 2.45) is 40.4 Å². The first-order valence-electron chi connectivity index (χ1n) is 18.5. The van der Waals surface area contributed by atoms with Gasteiger partial charge in [-0.1, -0.05) is 13.8 Å². The minimum atomic E-state index is -1.75. The Kier molecular flexibility index (Phi) is 10.2. The summed E-state index contributed by atoms with van der Waals surface area (Å²) >= 11 is 0. The number of esters is 1. The number of carbonyl (C=O) groups is 1. The highest BCUT2D eigenvalue weighted by Crippen LogP contribution is 2.70. The number of aliphatic hydroxyl groups excluding tert-OH is 8. The van der Waals surface area contributed by atoms with Crippen molar-refractivity contribution in [2.45, 2.75) is 151 Å². The van der Waals surface area contributed by atoms with Crippen LogP contribution in [0.15, 0.2) is 0 Å². The van der Waals surface area contributed by atoms with E-state index in [9.17, 15) is 50.8 Å². The van der Waals surface area contributed by atoms with Gasteiger partial charge in [-0.2, -0.15) is 0 Å². The molecule has 0 radical (unpaired) electrons. The van der Waals surface area contributed by atoms with Crippen molar-refractivity contribution < 1.29 is 74.4 Å². The molecule has 3 heterocycles. The number of hydrogen-bond acceptors (Lipinski definition) is 15. The van der Waals surface area contributed by atoms with Crippen molar-refractivity contribution in [1.82, 2.24) is 0 Å². The Labute approximate surface area is 291 Å². The van der Waals surface area contributed by atoms with Crippen LogP contribution in [0.25, 0.3) is 0 Å². The quantitative estimate of drug-likeness (QED) is 0.105. The summed E-state index contributed by atoms with van der Waals surface area (Å²) in [6.07, 6.45) is -10.2. The van der Waals surface area contributed by atoms with Crippen LogP contribution in [0.5, 0.6) is 0 Å². The summed E-state index contributed by atoms with van der Waals surface area (Å²) in [6, 6.07) is 0. The van der Waals surface area contributed by atoms with Gasteiger partial charge in [-0.05, 0) is 80.5 Å². The lowest BCUT2D eigenvalue weighted by Crippen LogP contribution is -2.67. The molecule has 50 heavy (non-hydrogen) atoms. The highest BCUT2D eigenvalue weighted by molar-refractivity contribution is 5.71. The second-order valence-electron chi connectivity index (χ2n) is 16.8. The third kappa shape index (κ3) is 5.69. The molecule has 7 rings (SSSR count). The fourth-order valence-corrected chi connectivity index (χ4v) is 11.7. The third-order valence-corrected chi connectivity index (χ3v) is 14.7. The Morgan fingerprint density at radius 2 is 1.42 bits per heavy atom. The van der Waals surface area contributed by atoms with Crippen LogP contribution in [0.1, 0.15) is 71.6 Å². The Balaban J connectivity index is 1.000. The molecule has 286 valence electrons. The Bertz CT molecular complexity index is 1240. The van der Waals surface area contributed by atoms with Gasteiger partial charge < -0.3 is 69.6 Å². The second-order valence-corrected chi connectivity index (χ2v) is 16.8. The summed E-state index contributed by atoms with van der Waals surface area (Å²) in [6.45, 7) is 3.31. The fourth-order valence-electron chi connectivity index (χ4n) is 11.7. The molecule has 15 nitrogen and oxygen atoms in total. The van der Waals surface area contributed by atoms with Crippen molar-refractivity contribution in [3.8, 4) is 0 Å². The largest absolute Gasteiger partial charge is 0.465 e. The molecule has 0 bridgehead atoms. The van der Waals surface area contributed by atoms with Crippen LogP contribution in [-0.2, 0) is 28.5 Å². The maximum atomic E-state index is 12.5. The Morgan fingerprint density at radius 1 is 0.740 bits per heavy atom. The van der Waals surface area contributed by atoms with Gasteiger partial charge in [0.25, 0.3) is 0 Å². The minimum absolute atomic E-state index is 0.00288. The number of rotatable bonds is 7. The van der Waals surface area contributed by atoms with Gasteiger partial charge in [0.1, 0.15) is 48.8 Å². The predicted molar refractivity (Wildman–Crippen MR) is 168 cm³/mol. The molecule has 4 aliphatic carbocycles. The molecule has 20 unspecified atom stereocenters. The first-order chi connectivity index (χ1) is 23.7. The van der Waals surface area contributed by atoms with Gasteiger partial charge in [-0.25, -0.2) is 0 Å². The van der Waals surface area contributed by atoms with Crippen LogP contribution in [0.3, 0.4) is 0 Å². The van der Waals surface area contributed by atoms with Gasteiger partial charge in [-0.15, -0.1) is 0 Å². The van der Waals surface area contributed by atoms with Gasteiger partial charge in [0, 0.05) is 11.3 Å². The van der Waals surface area contributed by atoms with E-state index in [2.05, 4.69) is 6.92 Å². The van der Waals surface area contributed by atoms with Crippen molar-refractivity contribution in [3.63, 3.8) is 0 Å². The Hall–Kier alpha value is -1.05. The normalized spacial score (nSPS) is 56.7. The van der Waals surface area contributed by atoms with E-state index in [4.69, 9.17) is 23.7 Å². The zero-order chi connectivity index (χ0) is 35.9. The van der Waals surface area contributed by atoms with Crippen LogP contribution in [0.4, 0.5) is 0 Å². The van der Waals surface area contributed by atoms with E-state index in [1.165, 1.54) is 0 Å². The maximum Gasteiger partial charge on any atom is 0.306 e. The van der Waals surface area contributed by atoms with Gasteiger partial charge in [0.15, 0.2) is 12.6 Å². The van der Waals surface area contributed by atoms with Crippen molar-refractivity contribution in [3.05, 3.63) is 0 Å². The number of cyclic esters (lactones) is 1. The maximum absolute atomic E-state index is 12.5. The lowest BCUT2D eigenvalue weighted by Gasteiger charge is -2.65. The molecule has 4 saturated carbocycles. The minimum Gasteiger partial charge on any atom is -0.465 e. The van der Waals surface area contributed by atoms with E-state index < -0.39 is 91.7 Å². The number of ether oxygens (including phenoxy) is 5. The average molecular weight is 717 g/mol. The lowest BCUT2D eigenvalue weighted by molar-refractivity contribution is -0.364. The smallest absolute Gasteiger partial charge is 0.306 e. The molecule has 15 heteroatoms. The molecular weight excluding hydrogens is 660 g/mol. The fraction of sp³-hybridized carbons (Fsp3) is 0.971. The van der Waals surface area contributed by atoms with Gasteiger partial charge in [-0.3, -0.25) is 4.79 Å². The molecule has 0 spiro atoms. The molecule has 3 aliphatic heterocycles. The first kappa shape index (κ1) is 37.3. The average Bonchev–Trinajstić information content (AvgIpc) is 3.65. The highest BCUT2D eigenvalue weighted by Gasteiger charge is 2.71. The molecule has 20 atom stereocenters. The SMILES string of the molecule is CC12CCC(OC3OC(CO)C(OC4OC(CO)C(O)C(O)C4O)C(O)C3O)CC1CCC1C2CC(O)C2(C)C(C3COC(=O)C3)CCC12O. The topological polar surface area (TPSA) is 245 Å². The second kappa shape index (κ2) is 13.7. The summed E-state index contributed by atoms with van der Waals surface area (Å²) in [5.41, 5.74) is -1.94.